The van der Waals surface area contributed by atoms with Gasteiger partial charge in [-0.05, 0) is 83.5 Å². The van der Waals surface area contributed by atoms with Crippen LogP contribution in [0.1, 0.15) is 206 Å². The number of unbranched alkanes of at least 4 members (excludes halogenated alkanes) is 21. The molecule has 0 heterocycles. The van der Waals surface area contributed by atoms with E-state index in [0.717, 1.165) is 83.5 Å². The minimum atomic E-state index is -4.77. The number of phosphoric ester groups is 1. The molecule has 0 aromatic carbocycles. The first kappa shape index (κ1) is 59.2. The Balaban J connectivity index is 3.85. The number of carbonyl (C=O) groups is 3. The van der Waals surface area contributed by atoms with E-state index in [1.807, 2.05) is 0 Å². The lowest BCUT2D eigenvalue weighted by Gasteiger charge is -2.18. The van der Waals surface area contributed by atoms with Crippen molar-refractivity contribution in [3.05, 3.63) is 60.8 Å². The van der Waals surface area contributed by atoms with Gasteiger partial charge in [-0.3, -0.25) is 18.6 Å². The number of aliphatic hydroxyl groups is 1. The van der Waals surface area contributed by atoms with Gasteiger partial charge in [-0.1, -0.05) is 171 Å². The second-order valence-corrected chi connectivity index (χ2v) is 17.7. The third-order valence-corrected chi connectivity index (χ3v) is 11.2. The average Bonchev–Trinajstić information content (AvgIpc) is 3.25. The van der Waals surface area contributed by atoms with Gasteiger partial charge in [0.2, 0.25) is 5.91 Å². The number of aliphatic hydroxyl groups excluding tert-OH is 1. The Morgan fingerprint density at radius 3 is 1.32 bits per heavy atom. The highest BCUT2D eigenvalue weighted by molar-refractivity contribution is 7.47. The van der Waals surface area contributed by atoms with Crippen LogP contribution in [-0.4, -0.2) is 64.9 Å². The van der Waals surface area contributed by atoms with Gasteiger partial charge < -0.3 is 25.2 Å². The number of rotatable bonds is 45. The Kier molecular flexibility index (Phi) is 42.7. The smallest absolute Gasteiger partial charge is 0.472 e. The van der Waals surface area contributed by atoms with E-state index in [2.05, 4.69) is 79.9 Å². The van der Waals surface area contributed by atoms with Crippen LogP contribution in [0.15, 0.2) is 60.8 Å². The predicted molar refractivity (Wildman–Crippen MR) is 254 cm³/mol. The number of nitrogens with one attached hydrogen (secondary N) is 1. The molecule has 0 aliphatic rings. The third-order valence-electron chi connectivity index (χ3n) is 10.3. The number of carbonyl (C=O) groups excluding carboxylic acids is 2. The first-order valence-corrected chi connectivity index (χ1v) is 25.8. The summed E-state index contributed by atoms with van der Waals surface area (Å²) in [4.78, 5) is 46.0. The normalized spacial score (nSPS) is 14.1. The number of ether oxygens (including phenoxy) is 1. The highest BCUT2D eigenvalue weighted by Gasteiger charge is 2.28. The molecule has 3 unspecified atom stereocenters. The van der Waals surface area contributed by atoms with Crippen molar-refractivity contribution in [3.8, 4) is 0 Å². The molecule has 0 aliphatic heterocycles. The first-order valence-electron chi connectivity index (χ1n) is 24.3. The van der Waals surface area contributed by atoms with Crippen LogP contribution in [-0.2, 0) is 32.7 Å². The fourth-order valence-electron chi connectivity index (χ4n) is 6.47. The monoisotopic (exact) mass is 894 g/mol. The summed E-state index contributed by atoms with van der Waals surface area (Å²) < 4.78 is 26.9. The minimum Gasteiger partial charge on any atom is -0.480 e. The summed E-state index contributed by atoms with van der Waals surface area (Å²) in [6.45, 7) is 2.53. The Morgan fingerprint density at radius 2 is 0.887 bits per heavy atom. The summed E-state index contributed by atoms with van der Waals surface area (Å²) in [5, 5.41) is 21.9. The molecule has 1 amide bonds. The van der Waals surface area contributed by atoms with Gasteiger partial charge in [0, 0.05) is 12.8 Å². The standard InChI is InChI=1S/C50H88NO10P/c1-3-5-7-9-11-13-15-17-19-20-21-22-23-24-25-26-28-30-32-34-36-38-40-42-49(54)59-43-46(52)44-60-62(57,58)61-45-47(50(55)56)51-48(53)41-39-37-35-33-31-29-27-18-16-14-12-10-8-6-4-2/h11-14,17-19,21-22,27,46-47,52H,3-10,15-16,20,23-26,28-45H2,1-2H3,(H,51,53)(H,55,56)(H,57,58)/b13-11-,14-12-,19-17-,22-21-,27-18-. The van der Waals surface area contributed by atoms with Crippen molar-refractivity contribution in [2.45, 2.75) is 219 Å². The SMILES string of the molecule is CCCCC/C=C\C/C=C\C/C=C\CCCCCCCCCCCCC(=O)OCC(O)COP(=O)(O)OCC(NC(=O)CCCCCCC/C=C\C/C=C\CCCCC)C(=O)O. The molecule has 11 nitrogen and oxygen atoms in total. The van der Waals surface area contributed by atoms with Crippen LogP contribution in [0.25, 0.3) is 0 Å². The molecule has 0 aromatic heterocycles. The van der Waals surface area contributed by atoms with E-state index in [4.69, 9.17) is 13.8 Å². The Morgan fingerprint density at radius 1 is 0.516 bits per heavy atom. The van der Waals surface area contributed by atoms with Crippen molar-refractivity contribution in [1.82, 2.24) is 5.32 Å². The van der Waals surface area contributed by atoms with Crippen LogP contribution in [0.3, 0.4) is 0 Å². The van der Waals surface area contributed by atoms with E-state index >= 15 is 0 Å². The van der Waals surface area contributed by atoms with Crippen LogP contribution in [0.4, 0.5) is 0 Å². The molecule has 0 radical (unpaired) electrons. The second-order valence-electron chi connectivity index (χ2n) is 16.3. The molecule has 358 valence electrons. The average molecular weight is 894 g/mol. The molecule has 3 atom stereocenters. The van der Waals surface area contributed by atoms with Gasteiger partial charge >= 0.3 is 19.8 Å². The summed E-state index contributed by atoms with van der Waals surface area (Å²) in [6.07, 6.45) is 52.4. The Hall–Kier alpha value is -2.82. The van der Waals surface area contributed by atoms with Crippen molar-refractivity contribution in [2.24, 2.45) is 0 Å². The molecule has 0 bridgehead atoms. The number of esters is 1. The first-order chi connectivity index (χ1) is 30.1. The van der Waals surface area contributed by atoms with Gasteiger partial charge in [0.15, 0.2) is 6.04 Å². The molecular formula is C50H88NO10P. The molecule has 0 aliphatic carbocycles. The van der Waals surface area contributed by atoms with Gasteiger partial charge in [-0.2, -0.15) is 0 Å². The number of carboxylic acids is 1. The van der Waals surface area contributed by atoms with E-state index in [-0.39, 0.29) is 12.8 Å². The maximum Gasteiger partial charge on any atom is 0.472 e. The van der Waals surface area contributed by atoms with Crippen molar-refractivity contribution in [3.63, 3.8) is 0 Å². The largest absolute Gasteiger partial charge is 0.480 e. The van der Waals surface area contributed by atoms with E-state index in [0.29, 0.717) is 12.8 Å². The third kappa shape index (κ3) is 43.8. The molecule has 0 saturated carbocycles. The number of amides is 1. The van der Waals surface area contributed by atoms with Crippen molar-refractivity contribution in [2.75, 3.05) is 19.8 Å². The lowest BCUT2D eigenvalue weighted by atomic mass is 10.1. The molecule has 62 heavy (non-hydrogen) atoms. The van der Waals surface area contributed by atoms with Crippen molar-refractivity contribution in [1.29, 1.82) is 0 Å². The zero-order valence-corrected chi connectivity index (χ0v) is 39.8. The molecule has 0 saturated heterocycles. The summed E-state index contributed by atoms with van der Waals surface area (Å²) in [7, 11) is -4.77. The lowest BCUT2D eigenvalue weighted by Crippen LogP contribution is -2.43. The summed E-state index contributed by atoms with van der Waals surface area (Å²) >= 11 is 0. The Labute approximate surface area is 376 Å². The van der Waals surface area contributed by atoms with Gasteiger partial charge in [0.1, 0.15) is 12.7 Å². The van der Waals surface area contributed by atoms with Crippen LogP contribution >= 0.6 is 7.82 Å². The number of hydrogen-bond donors (Lipinski definition) is 4. The molecule has 4 N–H and O–H groups in total. The zero-order valence-electron chi connectivity index (χ0n) is 38.9. The maximum atomic E-state index is 12.3. The van der Waals surface area contributed by atoms with E-state index < -0.39 is 57.6 Å². The molecule has 0 rings (SSSR count). The van der Waals surface area contributed by atoms with Crippen molar-refractivity contribution < 1.29 is 47.8 Å². The number of allylic oxidation sites excluding steroid dienone is 10. The zero-order chi connectivity index (χ0) is 45.6. The second kappa shape index (κ2) is 44.8. The summed E-state index contributed by atoms with van der Waals surface area (Å²) in [5.41, 5.74) is 0. The van der Waals surface area contributed by atoms with Gasteiger partial charge in [0.25, 0.3) is 0 Å². The topological polar surface area (TPSA) is 169 Å². The van der Waals surface area contributed by atoms with E-state index in [9.17, 15) is 34.1 Å². The quantitative estimate of drug-likeness (QED) is 0.0200. The minimum absolute atomic E-state index is 0.128. The molecule has 12 heteroatoms. The Bertz CT molecular complexity index is 1280. The fraction of sp³-hybridized carbons (Fsp3) is 0.740. The number of hydrogen-bond acceptors (Lipinski definition) is 8. The highest BCUT2D eigenvalue weighted by Crippen LogP contribution is 2.43. The number of aliphatic carboxylic acids is 1. The van der Waals surface area contributed by atoms with Gasteiger partial charge in [-0.15, -0.1) is 0 Å². The van der Waals surface area contributed by atoms with E-state index in [1.54, 1.807) is 0 Å². The fourth-order valence-corrected chi connectivity index (χ4v) is 7.24. The number of carboxylic acid groups (broad SMARTS) is 1. The molecule has 0 fully saturated rings. The molecule has 0 aromatic rings. The van der Waals surface area contributed by atoms with E-state index in [1.165, 1.54) is 83.5 Å². The van der Waals surface area contributed by atoms with Gasteiger partial charge in [0.05, 0.1) is 13.2 Å². The predicted octanol–water partition coefficient (Wildman–Crippen LogP) is 13.1. The van der Waals surface area contributed by atoms with Gasteiger partial charge in [-0.25, -0.2) is 9.36 Å². The lowest BCUT2D eigenvalue weighted by molar-refractivity contribution is -0.147. The van der Waals surface area contributed by atoms with Crippen molar-refractivity contribution >= 4 is 25.7 Å². The van der Waals surface area contributed by atoms with Crippen LogP contribution in [0, 0.1) is 0 Å². The summed E-state index contributed by atoms with van der Waals surface area (Å²) in [5.74, 6) is -2.40. The summed E-state index contributed by atoms with van der Waals surface area (Å²) in [6, 6.07) is -1.56. The molecule has 0 spiro atoms. The molecular weight excluding hydrogens is 806 g/mol. The van der Waals surface area contributed by atoms with Crippen LogP contribution < -0.4 is 5.32 Å². The van der Waals surface area contributed by atoms with Crippen LogP contribution in [0.2, 0.25) is 0 Å². The maximum absolute atomic E-state index is 12.3. The van der Waals surface area contributed by atoms with Crippen LogP contribution in [0.5, 0.6) is 0 Å². The highest BCUT2D eigenvalue weighted by atomic mass is 31.2. The number of phosphoric acid groups is 1.